The van der Waals surface area contributed by atoms with E-state index >= 15 is 0 Å². The summed E-state index contributed by atoms with van der Waals surface area (Å²) in [7, 11) is 6.07. The highest BCUT2D eigenvalue weighted by Crippen LogP contribution is 2.37. The number of carbonyl (C=O) groups is 2. The summed E-state index contributed by atoms with van der Waals surface area (Å²) >= 11 is 0. The normalized spacial score (nSPS) is 21.4. The van der Waals surface area contributed by atoms with Crippen LogP contribution in [0.1, 0.15) is 54.1 Å². The zero-order valence-corrected chi connectivity index (χ0v) is 20.0. The summed E-state index contributed by atoms with van der Waals surface area (Å²) in [5.41, 5.74) is 4.62. The minimum Gasteiger partial charge on any atom is -0.381 e. The second-order valence-electron chi connectivity index (χ2n) is 9.26. The first-order valence-corrected chi connectivity index (χ1v) is 11.8. The standard InChI is InChI=1S/C27H34N4O2/c1-5-31(4)27(33)19-11-16-22-23(17-19)29-26(32)24(22)25(18-9-7-6-8-10-18)28-20-12-14-21(15-13-20)30(2)3/h6-11,16-17,20-21,28H,5,12-15H2,1-4H3,(H,29,32)/b25-24-/t20-,21-. The molecule has 1 saturated carbocycles. The summed E-state index contributed by atoms with van der Waals surface area (Å²) in [4.78, 5) is 29.8. The maximum atomic E-state index is 13.2. The Labute approximate surface area is 196 Å². The zero-order chi connectivity index (χ0) is 23.5. The van der Waals surface area contributed by atoms with Crippen molar-refractivity contribution in [2.45, 2.75) is 44.7 Å². The number of rotatable bonds is 6. The molecule has 6 nitrogen and oxygen atoms in total. The molecule has 2 amide bonds. The molecular formula is C27H34N4O2. The van der Waals surface area contributed by atoms with Crippen LogP contribution in [-0.4, -0.2) is 61.4 Å². The summed E-state index contributed by atoms with van der Waals surface area (Å²) in [6.45, 7) is 2.57. The number of nitrogens with one attached hydrogen (secondary N) is 2. The van der Waals surface area contributed by atoms with Gasteiger partial charge in [-0.2, -0.15) is 0 Å². The topological polar surface area (TPSA) is 64.7 Å². The molecule has 0 bridgehead atoms. The number of nitrogens with zero attached hydrogens (tertiary/aromatic N) is 2. The quantitative estimate of drug-likeness (QED) is 0.657. The predicted molar refractivity (Wildman–Crippen MR) is 134 cm³/mol. The van der Waals surface area contributed by atoms with Crippen LogP contribution >= 0.6 is 0 Å². The summed E-state index contributed by atoms with van der Waals surface area (Å²) in [6.07, 6.45) is 4.41. The van der Waals surface area contributed by atoms with Crippen molar-refractivity contribution >= 4 is 28.8 Å². The molecule has 1 heterocycles. The van der Waals surface area contributed by atoms with Crippen LogP contribution in [0, 0.1) is 0 Å². The van der Waals surface area contributed by atoms with Gasteiger partial charge in [-0.3, -0.25) is 9.59 Å². The molecule has 0 atom stereocenters. The summed E-state index contributed by atoms with van der Waals surface area (Å²) in [5.74, 6) is -0.183. The molecule has 2 aromatic carbocycles. The number of amides is 2. The van der Waals surface area contributed by atoms with Gasteiger partial charge in [0.1, 0.15) is 0 Å². The van der Waals surface area contributed by atoms with Crippen molar-refractivity contribution in [3.63, 3.8) is 0 Å². The molecular weight excluding hydrogens is 412 g/mol. The van der Waals surface area contributed by atoms with Crippen molar-refractivity contribution in [3.8, 4) is 0 Å². The van der Waals surface area contributed by atoms with Crippen LogP contribution in [0.2, 0.25) is 0 Å². The fourth-order valence-electron chi connectivity index (χ4n) is 4.76. The molecule has 174 valence electrons. The second kappa shape index (κ2) is 9.79. The molecule has 1 aliphatic carbocycles. The van der Waals surface area contributed by atoms with Crippen LogP contribution in [0.25, 0.3) is 11.3 Å². The molecule has 6 heteroatoms. The lowest BCUT2D eigenvalue weighted by Gasteiger charge is -2.34. The van der Waals surface area contributed by atoms with Gasteiger partial charge in [-0.25, -0.2) is 0 Å². The second-order valence-corrected chi connectivity index (χ2v) is 9.26. The Morgan fingerprint density at radius 1 is 1.00 bits per heavy atom. The van der Waals surface area contributed by atoms with Gasteiger partial charge in [0.2, 0.25) is 0 Å². The van der Waals surface area contributed by atoms with Gasteiger partial charge in [0.05, 0.1) is 11.3 Å². The average Bonchev–Trinajstić information content (AvgIpc) is 3.17. The van der Waals surface area contributed by atoms with Gasteiger partial charge < -0.3 is 20.4 Å². The van der Waals surface area contributed by atoms with Gasteiger partial charge in [0.15, 0.2) is 0 Å². The number of benzene rings is 2. The number of hydrogen-bond donors (Lipinski definition) is 2. The van der Waals surface area contributed by atoms with Crippen molar-refractivity contribution in [2.75, 3.05) is 33.0 Å². The van der Waals surface area contributed by atoms with E-state index in [2.05, 4.69) is 29.6 Å². The maximum Gasteiger partial charge on any atom is 0.258 e. The van der Waals surface area contributed by atoms with Crippen molar-refractivity contribution in [1.82, 2.24) is 15.1 Å². The Hall–Kier alpha value is -3.12. The number of anilines is 1. The van der Waals surface area contributed by atoms with Crippen LogP contribution in [0.15, 0.2) is 48.5 Å². The highest BCUT2D eigenvalue weighted by atomic mass is 16.2. The molecule has 1 fully saturated rings. The maximum absolute atomic E-state index is 13.2. The molecule has 2 N–H and O–H groups in total. The van der Waals surface area contributed by atoms with E-state index in [1.54, 1.807) is 18.0 Å². The van der Waals surface area contributed by atoms with Crippen molar-refractivity contribution < 1.29 is 9.59 Å². The first kappa shape index (κ1) is 23.1. The monoisotopic (exact) mass is 446 g/mol. The molecule has 0 saturated heterocycles. The van der Waals surface area contributed by atoms with Crippen LogP contribution in [0.4, 0.5) is 5.69 Å². The van der Waals surface area contributed by atoms with Gasteiger partial charge in [-0.1, -0.05) is 36.4 Å². The smallest absolute Gasteiger partial charge is 0.258 e. The number of carbonyl (C=O) groups excluding carboxylic acids is 2. The Balaban J connectivity index is 1.70. The van der Waals surface area contributed by atoms with E-state index < -0.39 is 0 Å². The number of hydrogen-bond acceptors (Lipinski definition) is 4. The molecule has 0 radical (unpaired) electrons. The van der Waals surface area contributed by atoms with Crippen molar-refractivity contribution in [1.29, 1.82) is 0 Å². The lowest BCUT2D eigenvalue weighted by Crippen LogP contribution is -2.39. The molecule has 33 heavy (non-hydrogen) atoms. The minimum absolute atomic E-state index is 0.0500. The van der Waals surface area contributed by atoms with Gasteiger partial charge in [0, 0.05) is 42.5 Å². The summed E-state index contributed by atoms with van der Waals surface area (Å²) in [5, 5.41) is 6.73. The lowest BCUT2D eigenvalue weighted by atomic mass is 9.89. The van der Waals surface area contributed by atoms with E-state index in [-0.39, 0.29) is 11.8 Å². The van der Waals surface area contributed by atoms with Crippen LogP contribution in [0.5, 0.6) is 0 Å². The van der Waals surface area contributed by atoms with Crippen molar-refractivity contribution in [2.24, 2.45) is 0 Å². The highest BCUT2D eigenvalue weighted by molar-refractivity contribution is 6.36. The predicted octanol–water partition coefficient (Wildman–Crippen LogP) is 4.06. The Kier molecular flexibility index (Phi) is 6.84. The van der Waals surface area contributed by atoms with E-state index in [1.807, 2.05) is 49.4 Å². The van der Waals surface area contributed by atoms with E-state index in [0.29, 0.717) is 35.5 Å². The highest BCUT2D eigenvalue weighted by Gasteiger charge is 2.31. The molecule has 4 rings (SSSR count). The summed E-state index contributed by atoms with van der Waals surface area (Å²) in [6, 6.07) is 16.5. The molecule has 0 spiro atoms. The van der Waals surface area contributed by atoms with E-state index in [9.17, 15) is 9.59 Å². The van der Waals surface area contributed by atoms with Gasteiger partial charge in [0.25, 0.3) is 11.8 Å². The van der Waals surface area contributed by atoms with Gasteiger partial charge in [-0.05, 0) is 64.4 Å². The SMILES string of the molecule is CCN(C)C(=O)c1ccc2c(c1)NC(=O)/C2=C(\N[C@H]1CC[C@H](N(C)C)CC1)c1ccccc1. The molecule has 2 aliphatic rings. The molecule has 1 aliphatic heterocycles. The first-order chi connectivity index (χ1) is 15.9. The fourth-order valence-corrected chi connectivity index (χ4v) is 4.76. The van der Waals surface area contributed by atoms with Gasteiger partial charge in [-0.15, -0.1) is 0 Å². The third kappa shape index (κ3) is 4.81. The van der Waals surface area contributed by atoms with Crippen LogP contribution in [0.3, 0.4) is 0 Å². The third-order valence-electron chi connectivity index (χ3n) is 6.92. The fraction of sp³-hybridized carbons (Fsp3) is 0.407. The Morgan fingerprint density at radius 3 is 2.33 bits per heavy atom. The first-order valence-electron chi connectivity index (χ1n) is 11.8. The molecule has 0 aromatic heterocycles. The Morgan fingerprint density at radius 2 is 1.70 bits per heavy atom. The zero-order valence-electron chi connectivity index (χ0n) is 20.0. The Bertz CT molecular complexity index is 1050. The molecule has 2 aromatic rings. The van der Waals surface area contributed by atoms with Crippen LogP contribution in [-0.2, 0) is 4.79 Å². The molecule has 0 unspecified atom stereocenters. The number of fused-ring (bicyclic) bond motifs is 1. The van der Waals surface area contributed by atoms with E-state index in [0.717, 1.165) is 42.5 Å². The van der Waals surface area contributed by atoms with Crippen LogP contribution < -0.4 is 10.6 Å². The third-order valence-corrected chi connectivity index (χ3v) is 6.92. The van der Waals surface area contributed by atoms with Crippen molar-refractivity contribution in [3.05, 3.63) is 65.2 Å². The van der Waals surface area contributed by atoms with E-state index in [1.165, 1.54) is 0 Å². The lowest BCUT2D eigenvalue weighted by molar-refractivity contribution is -0.110. The average molecular weight is 447 g/mol. The van der Waals surface area contributed by atoms with E-state index in [4.69, 9.17) is 0 Å². The minimum atomic E-state index is -0.133. The summed E-state index contributed by atoms with van der Waals surface area (Å²) < 4.78 is 0. The van der Waals surface area contributed by atoms with Gasteiger partial charge >= 0.3 is 0 Å². The largest absolute Gasteiger partial charge is 0.381 e.